The van der Waals surface area contributed by atoms with Crippen LogP contribution in [0.3, 0.4) is 0 Å². The number of rotatable bonds is 12. The third kappa shape index (κ3) is 7.84. The molecule has 0 aliphatic heterocycles. The van der Waals surface area contributed by atoms with Gasteiger partial charge in [-0.05, 0) is 52.2 Å². The Morgan fingerprint density at radius 2 is 1.66 bits per heavy atom. The average molecular weight is 467 g/mol. The van der Waals surface area contributed by atoms with Crippen molar-refractivity contribution >= 4 is 13.6 Å². The van der Waals surface area contributed by atoms with Gasteiger partial charge >= 0.3 is 13.6 Å². The predicted molar refractivity (Wildman–Crippen MR) is 122 cm³/mol. The summed E-state index contributed by atoms with van der Waals surface area (Å²) in [4.78, 5) is 17.3. The van der Waals surface area contributed by atoms with E-state index in [1.165, 1.54) is 5.56 Å². The van der Waals surface area contributed by atoms with E-state index in [0.717, 1.165) is 18.4 Å². The average Bonchev–Trinajstić information content (AvgIpc) is 3.14. The number of hydrogen-bond acceptors (Lipinski definition) is 8. The molecule has 0 aliphatic rings. The minimum Gasteiger partial charge on any atom is -0.459 e. The summed E-state index contributed by atoms with van der Waals surface area (Å²) in [6.07, 6.45) is 2.52. The van der Waals surface area contributed by atoms with Crippen LogP contribution in [0.2, 0.25) is 0 Å². The molecule has 2 rings (SSSR count). The highest BCUT2D eigenvalue weighted by Crippen LogP contribution is 2.54. The zero-order valence-corrected chi connectivity index (χ0v) is 20.8. The van der Waals surface area contributed by atoms with E-state index in [0.29, 0.717) is 12.2 Å². The standard InChI is InChI=1S/C23H35N2O6P/c1-7-10-17-11-13-18(14-12-17)15-20-24-21(31-25-20)16-19(22(26)30-23(4,5)6)32(27,28-8-2)29-9-3/h11-14,19H,7-10,15-16H2,1-6H3. The fraction of sp³-hybridized carbons (Fsp3) is 0.609. The molecule has 8 nitrogen and oxygen atoms in total. The Morgan fingerprint density at radius 3 is 2.19 bits per heavy atom. The second-order valence-corrected chi connectivity index (χ2v) is 10.7. The van der Waals surface area contributed by atoms with Gasteiger partial charge in [0, 0.05) is 6.42 Å². The van der Waals surface area contributed by atoms with Gasteiger partial charge in [0.1, 0.15) is 5.60 Å². The lowest BCUT2D eigenvalue weighted by molar-refractivity contribution is -0.154. The maximum Gasteiger partial charge on any atom is 0.345 e. The second-order valence-electron chi connectivity index (χ2n) is 8.48. The van der Waals surface area contributed by atoms with Crippen LogP contribution in [-0.2, 0) is 42.4 Å². The van der Waals surface area contributed by atoms with Gasteiger partial charge < -0.3 is 18.3 Å². The monoisotopic (exact) mass is 466 g/mol. The highest BCUT2D eigenvalue weighted by atomic mass is 31.2. The fourth-order valence-electron chi connectivity index (χ4n) is 3.18. The van der Waals surface area contributed by atoms with Crippen LogP contribution in [0, 0.1) is 0 Å². The third-order valence-electron chi connectivity index (χ3n) is 4.48. The maximum absolute atomic E-state index is 13.4. The maximum atomic E-state index is 13.4. The zero-order valence-electron chi connectivity index (χ0n) is 19.9. The molecule has 1 atom stereocenters. The second kappa shape index (κ2) is 11.7. The molecule has 32 heavy (non-hydrogen) atoms. The summed E-state index contributed by atoms with van der Waals surface area (Å²) in [6.45, 7) is 11.0. The van der Waals surface area contributed by atoms with E-state index < -0.39 is 24.8 Å². The summed E-state index contributed by atoms with van der Waals surface area (Å²) >= 11 is 0. The molecule has 9 heteroatoms. The van der Waals surface area contributed by atoms with Crippen molar-refractivity contribution in [3.05, 3.63) is 47.1 Å². The molecule has 0 aliphatic carbocycles. The molecule has 0 saturated heterocycles. The lowest BCUT2D eigenvalue weighted by atomic mass is 10.1. The number of nitrogens with zero attached hydrogens (tertiary/aromatic N) is 2. The smallest absolute Gasteiger partial charge is 0.345 e. The van der Waals surface area contributed by atoms with E-state index in [-0.39, 0.29) is 25.5 Å². The van der Waals surface area contributed by atoms with Crippen LogP contribution in [-0.4, -0.2) is 40.6 Å². The Balaban J connectivity index is 2.21. The Morgan fingerprint density at radius 1 is 1.06 bits per heavy atom. The van der Waals surface area contributed by atoms with Crippen molar-refractivity contribution in [2.24, 2.45) is 0 Å². The number of carbonyl (C=O) groups is 1. The van der Waals surface area contributed by atoms with E-state index >= 15 is 0 Å². The van der Waals surface area contributed by atoms with Crippen molar-refractivity contribution in [1.29, 1.82) is 0 Å². The molecule has 178 valence electrons. The van der Waals surface area contributed by atoms with Crippen molar-refractivity contribution in [3.63, 3.8) is 0 Å². The lowest BCUT2D eigenvalue weighted by Crippen LogP contribution is -2.34. The minimum absolute atomic E-state index is 0.103. The minimum atomic E-state index is -3.81. The first-order valence-electron chi connectivity index (χ1n) is 11.1. The molecular formula is C23H35N2O6P. The molecule has 0 amide bonds. The number of ether oxygens (including phenoxy) is 1. The van der Waals surface area contributed by atoms with Crippen LogP contribution in [0.5, 0.6) is 0 Å². The first-order valence-corrected chi connectivity index (χ1v) is 12.7. The Hall–Kier alpha value is -2.02. The number of benzene rings is 1. The first kappa shape index (κ1) is 26.2. The number of hydrogen-bond donors (Lipinski definition) is 0. The summed E-state index contributed by atoms with van der Waals surface area (Å²) in [5.41, 5.74) is 0.369. The molecule has 0 radical (unpaired) electrons. The summed E-state index contributed by atoms with van der Waals surface area (Å²) < 4.78 is 35.1. The van der Waals surface area contributed by atoms with Gasteiger partial charge in [-0.25, -0.2) is 0 Å². The van der Waals surface area contributed by atoms with Crippen molar-refractivity contribution in [3.8, 4) is 0 Å². The molecule has 1 aromatic carbocycles. The van der Waals surface area contributed by atoms with Gasteiger partial charge in [0.2, 0.25) is 5.89 Å². The van der Waals surface area contributed by atoms with E-state index in [1.807, 2.05) is 12.1 Å². The molecule has 1 unspecified atom stereocenters. The van der Waals surface area contributed by atoms with Crippen LogP contribution in [0.25, 0.3) is 0 Å². The number of aryl methyl sites for hydroxylation is 1. The summed E-state index contributed by atoms with van der Waals surface area (Å²) in [5.74, 6) is -0.0269. The largest absolute Gasteiger partial charge is 0.459 e. The molecule has 0 spiro atoms. The molecule has 0 fully saturated rings. The Labute approximate surface area is 190 Å². The van der Waals surface area contributed by atoms with Gasteiger partial charge in [0.25, 0.3) is 0 Å². The fourth-order valence-corrected chi connectivity index (χ4v) is 5.02. The van der Waals surface area contributed by atoms with Crippen LogP contribution in [0.4, 0.5) is 0 Å². The van der Waals surface area contributed by atoms with Gasteiger partial charge in [0.15, 0.2) is 11.5 Å². The highest BCUT2D eigenvalue weighted by Gasteiger charge is 2.44. The van der Waals surface area contributed by atoms with Crippen molar-refractivity contribution in [2.75, 3.05) is 13.2 Å². The van der Waals surface area contributed by atoms with Crippen molar-refractivity contribution in [1.82, 2.24) is 10.1 Å². The van der Waals surface area contributed by atoms with Crippen LogP contribution < -0.4 is 0 Å². The quantitative estimate of drug-likeness (QED) is 0.313. The molecule has 0 bridgehead atoms. The third-order valence-corrected chi connectivity index (χ3v) is 6.87. The van der Waals surface area contributed by atoms with Crippen molar-refractivity contribution in [2.45, 2.75) is 78.5 Å². The summed E-state index contributed by atoms with van der Waals surface area (Å²) in [5, 5.41) is 4.02. The lowest BCUT2D eigenvalue weighted by Gasteiger charge is -2.27. The summed E-state index contributed by atoms with van der Waals surface area (Å²) in [7, 11) is -3.81. The summed E-state index contributed by atoms with van der Waals surface area (Å²) in [6, 6.07) is 8.28. The molecule has 1 aromatic heterocycles. The SMILES string of the molecule is CCCc1ccc(Cc2noc(CC(C(=O)OC(C)(C)C)P(=O)(OCC)OCC)n2)cc1. The Kier molecular flexibility index (Phi) is 9.62. The first-order chi connectivity index (χ1) is 15.1. The van der Waals surface area contributed by atoms with Crippen LogP contribution in [0.1, 0.15) is 70.8 Å². The zero-order chi connectivity index (χ0) is 23.8. The number of esters is 1. The molecular weight excluding hydrogens is 431 g/mol. The topological polar surface area (TPSA) is 101 Å². The number of aromatic nitrogens is 2. The number of carbonyl (C=O) groups excluding carboxylic acids is 1. The normalized spacial score (nSPS) is 13.2. The van der Waals surface area contributed by atoms with Gasteiger partial charge in [-0.3, -0.25) is 9.36 Å². The predicted octanol–water partition coefficient (Wildman–Crippen LogP) is 5.13. The highest BCUT2D eigenvalue weighted by molar-refractivity contribution is 7.55. The van der Waals surface area contributed by atoms with E-state index in [1.54, 1.807) is 34.6 Å². The van der Waals surface area contributed by atoms with Gasteiger partial charge in [-0.2, -0.15) is 4.98 Å². The van der Waals surface area contributed by atoms with E-state index in [9.17, 15) is 9.36 Å². The van der Waals surface area contributed by atoms with Gasteiger partial charge in [-0.1, -0.05) is 42.8 Å². The molecule has 0 saturated carbocycles. The molecule has 0 N–H and O–H groups in total. The van der Waals surface area contributed by atoms with E-state index in [4.69, 9.17) is 18.3 Å². The molecule has 2 aromatic rings. The van der Waals surface area contributed by atoms with E-state index in [2.05, 4.69) is 29.2 Å². The van der Waals surface area contributed by atoms with Crippen LogP contribution >= 0.6 is 7.60 Å². The van der Waals surface area contributed by atoms with Gasteiger partial charge in [0.05, 0.1) is 19.6 Å². The van der Waals surface area contributed by atoms with Crippen LogP contribution in [0.15, 0.2) is 28.8 Å². The molecule has 1 heterocycles. The Bertz CT molecular complexity index is 894. The van der Waals surface area contributed by atoms with Crippen molar-refractivity contribution < 1.29 is 27.7 Å². The van der Waals surface area contributed by atoms with Gasteiger partial charge in [-0.15, -0.1) is 0 Å².